The van der Waals surface area contributed by atoms with Crippen LogP contribution < -0.4 is 10.6 Å². The van der Waals surface area contributed by atoms with Crippen molar-refractivity contribution in [2.24, 2.45) is 0 Å². The molecule has 0 atom stereocenters. The third kappa shape index (κ3) is 4.99. The summed E-state index contributed by atoms with van der Waals surface area (Å²) in [7, 11) is 0. The maximum absolute atomic E-state index is 13.0. The summed E-state index contributed by atoms with van der Waals surface area (Å²) < 4.78 is 13.0. The molecule has 116 valence electrons. The van der Waals surface area contributed by atoms with Crippen LogP contribution in [0.5, 0.6) is 0 Å². The standard InChI is InChI=1S/C15H12Cl3FN2S/c16-12-4-1-9(5-14(12)18)7-20-15(22)21-8-10-2-3-11(19)6-13(10)17/h1-6H,7-8H2,(H2,20,21,22). The SMILES string of the molecule is Fc1ccc(CNC(=S)NCc2ccc(Cl)c(Cl)c2)c(Cl)c1. The second-order valence-corrected chi connectivity index (χ2v) is 6.15. The predicted molar refractivity (Wildman–Crippen MR) is 94.1 cm³/mol. The third-order valence-electron chi connectivity index (χ3n) is 2.89. The fourth-order valence-electron chi connectivity index (χ4n) is 1.73. The van der Waals surface area contributed by atoms with E-state index in [4.69, 9.17) is 47.0 Å². The fraction of sp³-hybridized carbons (Fsp3) is 0.133. The lowest BCUT2D eigenvalue weighted by atomic mass is 10.2. The Morgan fingerprint density at radius 2 is 1.64 bits per heavy atom. The molecule has 2 aromatic carbocycles. The molecule has 0 unspecified atom stereocenters. The Balaban J connectivity index is 1.84. The predicted octanol–water partition coefficient (Wildman–Crippen LogP) is 4.95. The van der Waals surface area contributed by atoms with Crippen molar-refractivity contribution in [2.45, 2.75) is 13.1 Å². The van der Waals surface area contributed by atoms with Gasteiger partial charge in [0.05, 0.1) is 10.0 Å². The molecule has 0 bridgehead atoms. The number of hydrogen-bond donors (Lipinski definition) is 2. The zero-order valence-electron chi connectivity index (χ0n) is 11.3. The Morgan fingerprint density at radius 3 is 2.32 bits per heavy atom. The van der Waals surface area contributed by atoms with Crippen molar-refractivity contribution >= 4 is 52.1 Å². The van der Waals surface area contributed by atoms with Crippen LogP contribution in [0.25, 0.3) is 0 Å². The van der Waals surface area contributed by atoms with Crippen LogP contribution in [0.3, 0.4) is 0 Å². The zero-order valence-corrected chi connectivity index (χ0v) is 14.4. The molecule has 7 heteroatoms. The Hall–Kier alpha value is -1.07. The first-order valence-electron chi connectivity index (χ1n) is 6.35. The minimum Gasteiger partial charge on any atom is -0.359 e. The van der Waals surface area contributed by atoms with Crippen molar-refractivity contribution in [3.8, 4) is 0 Å². The first kappa shape index (κ1) is 17.3. The molecule has 0 aliphatic rings. The monoisotopic (exact) mass is 376 g/mol. The molecule has 0 amide bonds. The molecule has 0 saturated heterocycles. The first-order valence-corrected chi connectivity index (χ1v) is 7.89. The van der Waals surface area contributed by atoms with Gasteiger partial charge in [-0.15, -0.1) is 0 Å². The van der Waals surface area contributed by atoms with Crippen LogP contribution in [0.4, 0.5) is 4.39 Å². The van der Waals surface area contributed by atoms with Gasteiger partial charge in [0.2, 0.25) is 0 Å². The van der Waals surface area contributed by atoms with Gasteiger partial charge in [-0.3, -0.25) is 0 Å². The lowest BCUT2D eigenvalue weighted by molar-refractivity contribution is 0.627. The summed E-state index contributed by atoms with van der Waals surface area (Å²) in [5, 5.41) is 7.89. The minimum absolute atomic E-state index is 0.361. The Labute approximate surface area is 148 Å². The van der Waals surface area contributed by atoms with Crippen LogP contribution in [0.15, 0.2) is 36.4 Å². The molecule has 2 nitrogen and oxygen atoms in total. The second kappa shape index (κ2) is 7.97. The van der Waals surface area contributed by atoms with Gasteiger partial charge in [-0.1, -0.05) is 46.9 Å². The fourth-order valence-corrected chi connectivity index (χ4v) is 2.43. The van der Waals surface area contributed by atoms with Gasteiger partial charge in [0.1, 0.15) is 5.82 Å². The summed E-state index contributed by atoms with van der Waals surface area (Å²) in [5.74, 6) is -0.367. The van der Waals surface area contributed by atoms with Gasteiger partial charge < -0.3 is 10.6 Å². The van der Waals surface area contributed by atoms with Crippen LogP contribution in [-0.2, 0) is 13.1 Å². The van der Waals surface area contributed by atoms with Crippen molar-refractivity contribution in [1.82, 2.24) is 10.6 Å². The van der Waals surface area contributed by atoms with Crippen LogP contribution in [0.1, 0.15) is 11.1 Å². The van der Waals surface area contributed by atoms with E-state index in [1.54, 1.807) is 18.2 Å². The number of halogens is 4. The maximum Gasteiger partial charge on any atom is 0.166 e. The highest BCUT2D eigenvalue weighted by molar-refractivity contribution is 7.80. The molecule has 0 fully saturated rings. The summed E-state index contributed by atoms with van der Waals surface area (Å²) in [4.78, 5) is 0. The normalized spacial score (nSPS) is 10.4. The molecule has 0 aliphatic heterocycles. The average molecular weight is 378 g/mol. The lowest BCUT2D eigenvalue weighted by Gasteiger charge is -2.12. The summed E-state index contributed by atoms with van der Waals surface area (Å²) >= 11 is 22.9. The smallest absolute Gasteiger partial charge is 0.166 e. The third-order valence-corrected chi connectivity index (χ3v) is 4.27. The van der Waals surface area contributed by atoms with E-state index in [0.29, 0.717) is 33.3 Å². The minimum atomic E-state index is -0.367. The Morgan fingerprint density at radius 1 is 0.909 bits per heavy atom. The second-order valence-electron chi connectivity index (χ2n) is 4.52. The molecule has 0 saturated carbocycles. The van der Waals surface area contributed by atoms with Gasteiger partial charge in [0.25, 0.3) is 0 Å². The van der Waals surface area contributed by atoms with Gasteiger partial charge >= 0.3 is 0 Å². The molecule has 0 aromatic heterocycles. The van der Waals surface area contributed by atoms with E-state index in [1.807, 2.05) is 6.07 Å². The number of nitrogens with one attached hydrogen (secondary N) is 2. The Kier molecular flexibility index (Phi) is 6.26. The van der Waals surface area contributed by atoms with Gasteiger partial charge in [-0.2, -0.15) is 0 Å². The first-order chi connectivity index (χ1) is 10.5. The molecular weight excluding hydrogens is 366 g/mol. The van der Waals surface area contributed by atoms with Gasteiger partial charge in [0, 0.05) is 18.1 Å². The van der Waals surface area contributed by atoms with E-state index in [0.717, 1.165) is 11.1 Å². The van der Waals surface area contributed by atoms with E-state index in [2.05, 4.69) is 10.6 Å². The highest BCUT2D eigenvalue weighted by Crippen LogP contribution is 2.22. The molecule has 0 aliphatic carbocycles. The number of benzene rings is 2. The molecular formula is C15H12Cl3FN2S. The number of rotatable bonds is 4. The molecule has 2 aromatic rings. The lowest BCUT2D eigenvalue weighted by Crippen LogP contribution is -2.34. The number of hydrogen-bond acceptors (Lipinski definition) is 1. The van der Waals surface area contributed by atoms with E-state index in [9.17, 15) is 4.39 Å². The molecule has 2 rings (SSSR count). The van der Waals surface area contributed by atoms with Crippen LogP contribution in [0.2, 0.25) is 15.1 Å². The highest BCUT2D eigenvalue weighted by atomic mass is 35.5. The van der Waals surface area contributed by atoms with Gasteiger partial charge in [-0.05, 0) is 47.6 Å². The topological polar surface area (TPSA) is 24.1 Å². The zero-order chi connectivity index (χ0) is 16.1. The van der Waals surface area contributed by atoms with E-state index < -0.39 is 0 Å². The van der Waals surface area contributed by atoms with Crippen LogP contribution >= 0.6 is 47.0 Å². The van der Waals surface area contributed by atoms with Crippen molar-refractivity contribution < 1.29 is 4.39 Å². The van der Waals surface area contributed by atoms with Crippen molar-refractivity contribution in [1.29, 1.82) is 0 Å². The highest BCUT2D eigenvalue weighted by Gasteiger charge is 2.04. The largest absolute Gasteiger partial charge is 0.359 e. The van der Waals surface area contributed by atoms with E-state index in [1.165, 1.54) is 12.1 Å². The van der Waals surface area contributed by atoms with Crippen molar-refractivity contribution in [2.75, 3.05) is 0 Å². The number of thiocarbonyl (C=S) groups is 1. The maximum atomic E-state index is 13.0. The molecule has 0 spiro atoms. The molecule has 0 radical (unpaired) electrons. The van der Waals surface area contributed by atoms with Gasteiger partial charge in [-0.25, -0.2) is 4.39 Å². The van der Waals surface area contributed by atoms with E-state index in [-0.39, 0.29) is 5.82 Å². The van der Waals surface area contributed by atoms with Crippen LogP contribution in [0, 0.1) is 5.82 Å². The van der Waals surface area contributed by atoms with Gasteiger partial charge in [0.15, 0.2) is 5.11 Å². The van der Waals surface area contributed by atoms with E-state index >= 15 is 0 Å². The van der Waals surface area contributed by atoms with Crippen molar-refractivity contribution in [3.63, 3.8) is 0 Å². The average Bonchev–Trinajstić information content (AvgIpc) is 2.47. The van der Waals surface area contributed by atoms with Crippen molar-refractivity contribution in [3.05, 3.63) is 68.4 Å². The summed E-state index contributed by atoms with van der Waals surface area (Å²) in [6.45, 7) is 0.923. The molecule has 0 heterocycles. The van der Waals surface area contributed by atoms with Crippen LogP contribution in [-0.4, -0.2) is 5.11 Å². The Bertz CT molecular complexity index is 694. The molecule has 2 N–H and O–H groups in total. The summed E-state index contributed by atoms with van der Waals surface area (Å²) in [6, 6.07) is 9.61. The summed E-state index contributed by atoms with van der Waals surface area (Å²) in [6.07, 6.45) is 0. The molecule has 22 heavy (non-hydrogen) atoms. The summed E-state index contributed by atoms with van der Waals surface area (Å²) in [5.41, 5.74) is 1.72. The quantitative estimate of drug-likeness (QED) is 0.737.